The zero-order chi connectivity index (χ0) is 18.4. The number of carbonyl (C=O) groups is 1. The molecule has 2 unspecified atom stereocenters. The van der Waals surface area contributed by atoms with Crippen molar-refractivity contribution in [2.75, 3.05) is 25.2 Å². The van der Waals surface area contributed by atoms with Gasteiger partial charge in [-0.2, -0.15) is 5.10 Å². The number of fused-ring (bicyclic) bond motifs is 2. The highest BCUT2D eigenvalue weighted by molar-refractivity contribution is 6.18. The van der Waals surface area contributed by atoms with Crippen LogP contribution >= 0.6 is 0 Å². The number of nitrogens with zero attached hydrogens (tertiary/aromatic N) is 3. The van der Waals surface area contributed by atoms with E-state index < -0.39 is 5.41 Å². The average Bonchev–Trinajstić information content (AvgIpc) is 3.14. The van der Waals surface area contributed by atoms with Crippen molar-refractivity contribution < 1.29 is 9.53 Å². The van der Waals surface area contributed by atoms with E-state index in [-0.39, 0.29) is 18.1 Å². The lowest BCUT2D eigenvalue weighted by atomic mass is 9.61. The summed E-state index contributed by atoms with van der Waals surface area (Å²) in [4.78, 5) is 15.8. The molecule has 27 heavy (non-hydrogen) atoms. The van der Waals surface area contributed by atoms with Crippen LogP contribution in [0.25, 0.3) is 0 Å². The molecule has 3 fully saturated rings. The molecule has 2 bridgehead atoms. The first-order valence-corrected chi connectivity index (χ1v) is 9.58. The van der Waals surface area contributed by atoms with Crippen LogP contribution in [0, 0.1) is 11.3 Å². The third kappa shape index (κ3) is 2.21. The Morgan fingerprint density at radius 3 is 2.30 bits per heavy atom. The minimum atomic E-state index is -0.748. The van der Waals surface area contributed by atoms with Crippen LogP contribution in [0.3, 0.4) is 0 Å². The van der Waals surface area contributed by atoms with Crippen molar-refractivity contribution in [2.24, 2.45) is 16.4 Å². The maximum Gasteiger partial charge on any atom is 0.321 e. The number of methoxy groups -OCH3 is 1. The Kier molecular flexibility index (Phi) is 3.79. The summed E-state index contributed by atoms with van der Waals surface area (Å²) >= 11 is 0. The smallest absolute Gasteiger partial charge is 0.321 e. The van der Waals surface area contributed by atoms with Crippen LogP contribution in [0.2, 0.25) is 0 Å². The summed E-state index contributed by atoms with van der Waals surface area (Å²) in [7, 11) is 1.50. The largest absolute Gasteiger partial charge is 0.468 e. The summed E-state index contributed by atoms with van der Waals surface area (Å²) in [6.07, 6.45) is 1.87. The third-order valence-electron chi connectivity index (χ3n) is 6.35. The van der Waals surface area contributed by atoms with Crippen LogP contribution < -0.4 is 5.01 Å². The molecule has 0 spiro atoms. The highest BCUT2D eigenvalue weighted by Gasteiger charge is 2.67. The molecule has 2 aromatic rings. The van der Waals surface area contributed by atoms with E-state index in [9.17, 15) is 4.79 Å². The Hall–Kier alpha value is -2.66. The number of esters is 1. The molecule has 4 aliphatic heterocycles. The van der Waals surface area contributed by atoms with Gasteiger partial charge in [-0.15, -0.1) is 0 Å². The molecule has 2 atom stereocenters. The second kappa shape index (κ2) is 6.20. The monoisotopic (exact) mass is 361 g/mol. The Morgan fingerprint density at radius 2 is 1.67 bits per heavy atom. The molecule has 2 aromatic carbocycles. The second-order valence-electron chi connectivity index (χ2n) is 7.54. The lowest BCUT2D eigenvalue weighted by Gasteiger charge is -2.55. The van der Waals surface area contributed by atoms with Gasteiger partial charge in [0.1, 0.15) is 6.17 Å². The molecule has 0 aromatic heterocycles. The summed E-state index contributed by atoms with van der Waals surface area (Å²) in [6, 6.07) is 20.2. The molecule has 5 heteroatoms. The van der Waals surface area contributed by atoms with Gasteiger partial charge < -0.3 is 4.74 Å². The van der Waals surface area contributed by atoms with Gasteiger partial charge in [-0.25, -0.2) is 5.01 Å². The Balaban J connectivity index is 1.75. The zero-order valence-electron chi connectivity index (χ0n) is 15.4. The van der Waals surface area contributed by atoms with E-state index in [2.05, 4.69) is 17.0 Å². The number of hydrogen-bond acceptors (Lipinski definition) is 5. The molecule has 0 amide bonds. The SMILES string of the molecule is COC(=O)C12C(c3ccccc3)=NN(c3ccccc3)C1N1CCC2CC1. The minimum Gasteiger partial charge on any atom is -0.468 e. The van der Waals surface area contributed by atoms with E-state index in [4.69, 9.17) is 9.84 Å². The van der Waals surface area contributed by atoms with Crippen molar-refractivity contribution in [1.29, 1.82) is 0 Å². The summed E-state index contributed by atoms with van der Waals surface area (Å²) in [6.45, 7) is 1.99. The number of hydrazone groups is 1. The van der Waals surface area contributed by atoms with E-state index in [0.29, 0.717) is 0 Å². The molecule has 3 saturated heterocycles. The third-order valence-corrected chi connectivity index (χ3v) is 6.35. The maximum atomic E-state index is 13.4. The van der Waals surface area contributed by atoms with Gasteiger partial charge in [0.25, 0.3) is 0 Å². The van der Waals surface area contributed by atoms with Crippen molar-refractivity contribution in [2.45, 2.75) is 19.0 Å². The Bertz CT molecular complexity index is 875. The number of benzene rings is 2. The van der Waals surface area contributed by atoms with E-state index in [1.807, 2.05) is 53.5 Å². The molecule has 138 valence electrons. The van der Waals surface area contributed by atoms with Gasteiger partial charge in [0.2, 0.25) is 0 Å². The van der Waals surface area contributed by atoms with Crippen LogP contribution in [0.1, 0.15) is 18.4 Å². The van der Waals surface area contributed by atoms with Crippen molar-refractivity contribution in [1.82, 2.24) is 4.90 Å². The van der Waals surface area contributed by atoms with Crippen LogP contribution in [0.15, 0.2) is 65.8 Å². The van der Waals surface area contributed by atoms with Crippen molar-refractivity contribution in [3.05, 3.63) is 66.2 Å². The highest BCUT2D eigenvalue weighted by Crippen LogP contribution is 2.54. The fourth-order valence-corrected chi connectivity index (χ4v) is 5.22. The average molecular weight is 361 g/mol. The fraction of sp³-hybridized carbons (Fsp3) is 0.364. The van der Waals surface area contributed by atoms with Gasteiger partial charge in [0, 0.05) is 13.1 Å². The van der Waals surface area contributed by atoms with Crippen LogP contribution in [-0.4, -0.2) is 42.9 Å². The second-order valence-corrected chi connectivity index (χ2v) is 7.54. The van der Waals surface area contributed by atoms with Crippen molar-refractivity contribution in [3.8, 4) is 0 Å². The molecule has 0 radical (unpaired) electrons. The predicted molar refractivity (Wildman–Crippen MR) is 104 cm³/mol. The van der Waals surface area contributed by atoms with E-state index in [0.717, 1.165) is 42.9 Å². The lowest BCUT2D eigenvalue weighted by Crippen LogP contribution is -2.69. The van der Waals surface area contributed by atoms with E-state index in [1.54, 1.807) is 0 Å². The maximum absolute atomic E-state index is 13.4. The molecule has 4 aliphatic rings. The van der Waals surface area contributed by atoms with E-state index in [1.165, 1.54) is 7.11 Å². The number of piperidine rings is 3. The first kappa shape index (κ1) is 16.5. The number of anilines is 1. The molecule has 4 heterocycles. The number of rotatable bonds is 3. The zero-order valence-corrected chi connectivity index (χ0v) is 15.4. The standard InChI is InChI=1S/C22H23N3O2/c1-27-21(26)22-17-12-14-24(15-13-17)20(22)25(18-10-6-3-7-11-18)23-19(22)16-8-4-2-5-9-16/h2-11,17,20H,12-15H2,1H3. The summed E-state index contributed by atoms with van der Waals surface area (Å²) < 4.78 is 5.41. The molecule has 0 aliphatic carbocycles. The topological polar surface area (TPSA) is 45.1 Å². The number of hydrogen-bond donors (Lipinski definition) is 0. The van der Waals surface area contributed by atoms with Crippen LogP contribution in [-0.2, 0) is 9.53 Å². The number of ether oxygens (including phenoxy) is 1. The van der Waals surface area contributed by atoms with Crippen LogP contribution in [0.5, 0.6) is 0 Å². The first-order valence-electron chi connectivity index (χ1n) is 9.58. The molecular weight excluding hydrogens is 338 g/mol. The van der Waals surface area contributed by atoms with Crippen LogP contribution in [0.4, 0.5) is 5.69 Å². The van der Waals surface area contributed by atoms with Gasteiger partial charge >= 0.3 is 5.97 Å². The quantitative estimate of drug-likeness (QED) is 0.788. The molecular formula is C22H23N3O2. The van der Waals surface area contributed by atoms with Crippen molar-refractivity contribution >= 4 is 17.4 Å². The molecule has 5 nitrogen and oxygen atoms in total. The Morgan fingerprint density at radius 1 is 1.04 bits per heavy atom. The predicted octanol–water partition coefficient (Wildman–Crippen LogP) is 3.12. The van der Waals surface area contributed by atoms with Gasteiger partial charge in [-0.05, 0) is 36.5 Å². The lowest BCUT2D eigenvalue weighted by molar-refractivity contribution is -0.163. The minimum absolute atomic E-state index is 0.130. The molecule has 0 N–H and O–H groups in total. The van der Waals surface area contributed by atoms with E-state index >= 15 is 0 Å². The molecule has 6 rings (SSSR count). The number of para-hydroxylation sites is 1. The Labute approximate surface area is 159 Å². The highest BCUT2D eigenvalue weighted by atomic mass is 16.5. The summed E-state index contributed by atoms with van der Waals surface area (Å²) in [5.41, 5.74) is 2.11. The normalized spacial score (nSPS) is 31.4. The van der Waals surface area contributed by atoms with Gasteiger partial charge in [0.05, 0.1) is 18.5 Å². The summed E-state index contributed by atoms with van der Waals surface area (Å²) in [5.74, 6) is 0.0792. The van der Waals surface area contributed by atoms with Gasteiger partial charge in [-0.1, -0.05) is 48.5 Å². The summed E-state index contributed by atoms with van der Waals surface area (Å²) in [5, 5.41) is 7.11. The number of carbonyl (C=O) groups excluding carboxylic acids is 1. The fourth-order valence-electron chi connectivity index (χ4n) is 5.22. The van der Waals surface area contributed by atoms with Crippen molar-refractivity contribution in [3.63, 3.8) is 0 Å². The first-order chi connectivity index (χ1) is 13.3. The van der Waals surface area contributed by atoms with Gasteiger partial charge in [0.15, 0.2) is 5.41 Å². The van der Waals surface area contributed by atoms with Gasteiger partial charge in [-0.3, -0.25) is 9.69 Å². The molecule has 0 saturated carbocycles.